The largest absolute Gasteiger partial charge is 0.459 e. The molecule has 0 aliphatic rings. The average Bonchev–Trinajstić information content (AvgIpc) is 3.77. The molecule has 2 heterocycles. The summed E-state index contributed by atoms with van der Waals surface area (Å²) in [5.74, 6) is -4.02. The van der Waals surface area contributed by atoms with Crippen molar-refractivity contribution in [3.63, 3.8) is 0 Å². The molecule has 0 saturated carbocycles. The highest BCUT2D eigenvalue weighted by atomic mass is 16.7. The van der Waals surface area contributed by atoms with Gasteiger partial charge < -0.3 is 42.7 Å². The predicted molar refractivity (Wildman–Crippen MR) is 244 cm³/mol. The molecule has 0 unspecified atom stereocenters. The van der Waals surface area contributed by atoms with Crippen molar-refractivity contribution in [1.29, 1.82) is 0 Å². The van der Waals surface area contributed by atoms with E-state index in [2.05, 4.69) is 16.9 Å². The molecule has 0 fully saturated rings. The van der Waals surface area contributed by atoms with E-state index in [-0.39, 0.29) is 44.2 Å². The van der Waals surface area contributed by atoms with Gasteiger partial charge >= 0.3 is 29.8 Å². The topological polar surface area (TPSA) is 211 Å². The van der Waals surface area contributed by atoms with Gasteiger partial charge in [-0.05, 0) is 89.5 Å². The number of carbonyl (C=O) groups excluding carboxylic acids is 7. The summed E-state index contributed by atoms with van der Waals surface area (Å²) in [6.07, 6.45) is 14.4. The summed E-state index contributed by atoms with van der Waals surface area (Å²) in [5, 5.41) is 1.32. The second-order valence-corrected chi connectivity index (χ2v) is 20.3. The number of esters is 4. The van der Waals surface area contributed by atoms with Gasteiger partial charge in [-0.25, -0.2) is 9.97 Å². The number of nitrogens with zero attached hydrogens (tertiary/aromatic N) is 7. The molecule has 19 heteroatoms. The molecule has 0 radical (unpaired) electrons. The Hall–Kier alpha value is -5.33. The third-order valence-electron chi connectivity index (χ3n) is 8.98. The Morgan fingerprint density at radius 3 is 1.12 bits per heavy atom. The summed E-state index contributed by atoms with van der Waals surface area (Å²) in [6.45, 7) is 19.4. The van der Waals surface area contributed by atoms with Crippen molar-refractivity contribution in [3.05, 3.63) is 36.4 Å². The molecule has 2 amide bonds. The molecule has 0 aromatic carbocycles. The first-order chi connectivity index (χ1) is 30.5. The lowest BCUT2D eigenvalue weighted by Crippen LogP contribution is -2.44. The van der Waals surface area contributed by atoms with Crippen LogP contribution in [-0.2, 0) is 83.5 Å². The number of ether oxygens (including phenoxy) is 4. The molecule has 66 heavy (non-hydrogen) atoms. The van der Waals surface area contributed by atoms with E-state index >= 15 is 0 Å². The second-order valence-electron chi connectivity index (χ2n) is 20.3. The van der Waals surface area contributed by atoms with Crippen LogP contribution in [0.1, 0.15) is 159 Å². The number of unbranched alkanes of at least 4 members (excludes halogenated alkanes) is 7. The molecule has 2 rings (SSSR count). The van der Waals surface area contributed by atoms with Crippen LogP contribution in [0.15, 0.2) is 24.8 Å². The standard InChI is InChI=1S/C47H77N7O12/c1-14-15-16-17-18-19-20-21-22-39(57)66-54(27-35-48-23-25-50(35)29-37(55)52(31-40(58)62-44(2,3)4)32-41(59)63-45(5,6)7)28-36-49-24-26-51(36)30-38(56)53(33-42(60)64-46(8,9)10)34-43(61)65-47(11,12)13/h23-26H,14-22,27-34H2,1-13H3. The molecule has 0 aliphatic heterocycles. The Labute approximate surface area is 391 Å². The van der Waals surface area contributed by atoms with Crippen molar-refractivity contribution >= 4 is 41.7 Å². The molecule has 2 aromatic heterocycles. The monoisotopic (exact) mass is 932 g/mol. The fourth-order valence-electron chi connectivity index (χ4n) is 6.37. The number of imidazole rings is 2. The lowest BCUT2D eigenvalue weighted by Gasteiger charge is -2.27. The fourth-order valence-corrected chi connectivity index (χ4v) is 6.37. The summed E-state index contributed by atoms with van der Waals surface area (Å²) in [5.41, 5.74) is -3.37. The molecule has 0 spiro atoms. The van der Waals surface area contributed by atoms with Gasteiger partial charge in [-0.15, -0.1) is 5.06 Å². The molecule has 0 atom stereocenters. The Morgan fingerprint density at radius 1 is 0.485 bits per heavy atom. The van der Waals surface area contributed by atoms with Crippen LogP contribution < -0.4 is 0 Å². The van der Waals surface area contributed by atoms with Gasteiger partial charge in [0.25, 0.3) is 0 Å². The minimum Gasteiger partial charge on any atom is -0.459 e. The van der Waals surface area contributed by atoms with Crippen molar-refractivity contribution < 1.29 is 57.3 Å². The zero-order chi connectivity index (χ0) is 49.9. The maximum absolute atomic E-state index is 13.9. The second kappa shape index (κ2) is 26.1. The van der Waals surface area contributed by atoms with E-state index in [1.54, 1.807) is 83.1 Å². The van der Waals surface area contributed by atoms with E-state index < -0.39 is 90.2 Å². The average molecular weight is 932 g/mol. The zero-order valence-electron chi connectivity index (χ0n) is 41.9. The fraction of sp³-hybridized carbons (Fsp3) is 0.723. The maximum atomic E-state index is 13.9. The van der Waals surface area contributed by atoms with Crippen molar-refractivity contribution in [2.75, 3.05) is 26.2 Å². The van der Waals surface area contributed by atoms with Crippen molar-refractivity contribution in [1.82, 2.24) is 34.0 Å². The van der Waals surface area contributed by atoms with E-state index in [4.69, 9.17) is 23.8 Å². The van der Waals surface area contributed by atoms with Gasteiger partial charge in [0.1, 0.15) is 73.3 Å². The van der Waals surface area contributed by atoms with Gasteiger partial charge in [-0.3, -0.25) is 33.6 Å². The predicted octanol–water partition coefficient (Wildman–Crippen LogP) is 6.09. The highest BCUT2D eigenvalue weighted by Gasteiger charge is 2.30. The van der Waals surface area contributed by atoms with E-state index in [1.165, 1.54) is 51.8 Å². The molecular formula is C47H77N7O12. The van der Waals surface area contributed by atoms with Gasteiger partial charge in [0.05, 0.1) is 13.1 Å². The van der Waals surface area contributed by atoms with E-state index in [1.807, 2.05) is 0 Å². The van der Waals surface area contributed by atoms with Crippen LogP contribution in [0.5, 0.6) is 0 Å². The quantitative estimate of drug-likeness (QED) is 0.0452. The lowest BCUT2D eigenvalue weighted by molar-refractivity contribution is -0.198. The van der Waals surface area contributed by atoms with Gasteiger partial charge in [0, 0.05) is 31.2 Å². The van der Waals surface area contributed by atoms with Gasteiger partial charge in [-0.1, -0.05) is 51.9 Å². The molecule has 0 aliphatic carbocycles. The smallest absolute Gasteiger partial charge is 0.326 e. The first-order valence-corrected chi connectivity index (χ1v) is 22.9. The van der Waals surface area contributed by atoms with Crippen LogP contribution in [0, 0.1) is 0 Å². The van der Waals surface area contributed by atoms with Gasteiger partial charge in [-0.2, -0.15) is 0 Å². The number of hydrogen-bond acceptors (Lipinski definition) is 15. The zero-order valence-corrected chi connectivity index (χ0v) is 41.9. The Bertz CT molecular complexity index is 1720. The molecular weight excluding hydrogens is 855 g/mol. The Balaban J connectivity index is 2.40. The van der Waals surface area contributed by atoms with E-state index in [0.29, 0.717) is 6.42 Å². The number of hydrogen-bond donors (Lipinski definition) is 0. The normalized spacial score (nSPS) is 12.1. The molecule has 2 aromatic rings. The summed E-state index contributed by atoms with van der Waals surface area (Å²) < 4.78 is 24.8. The highest BCUT2D eigenvalue weighted by molar-refractivity contribution is 5.87. The highest BCUT2D eigenvalue weighted by Crippen LogP contribution is 2.17. The Morgan fingerprint density at radius 2 is 0.803 bits per heavy atom. The van der Waals surface area contributed by atoms with Gasteiger partial charge in [0.15, 0.2) is 0 Å². The minimum absolute atomic E-state index is 0.139. The lowest BCUT2D eigenvalue weighted by atomic mass is 10.1. The number of rotatable bonds is 26. The number of carbonyl (C=O) groups is 7. The number of amides is 2. The molecule has 19 nitrogen and oxygen atoms in total. The third kappa shape index (κ3) is 24.8. The van der Waals surface area contributed by atoms with Crippen LogP contribution in [0.4, 0.5) is 0 Å². The number of aromatic nitrogens is 4. The molecule has 0 bridgehead atoms. The van der Waals surface area contributed by atoms with Crippen molar-refractivity contribution in [2.45, 2.75) is 196 Å². The van der Waals surface area contributed by atoms with Crippen LogP contribution in [0.25, 0.3) is 0 Å². The minimum atomic E-state index is -0.841. The van der Waals surface area contributed by atoms with Crippen LogP contribution in [0.2, 0.25) is 0 Å². The van der Waals surface area contributed by atoms with Crippen LogP contribution >= 0.6 is 0 Å². The first kappa shape index (κ1) is 56.8. The summed E-state index contributed by atoms with van der Waals surface area (Å²) in [6, 6.07) is 0. The van der Waals surface area contributed by atoms with E-state index in [9.17, 15) is 33.6 Å². The van der Waals surface area contributed by atoms with Crippen molar-refractivity contribution in [2.24, 2.45) is 0 Å². The SMILES string of the molecule is CCCCCCCCCCC(=O)ON(Cc1nccn1CC(=O)N(CC(=O)OC(C)(C)C)CC(=O)OC(C)(C)C)Cc1nccn1CC(=O)N(CC(=O)OC(C)(C)C)CC(=O)OC(C)(C)C. The van der Waals surface area contributed by atoms with Crippen LogP contribution in [0.3, 0.4) is 0 Å². The Kier molecular flexibility index (Phi) is 22.5. The molecule has 0 saturated heterocycles. The van der Waals surface area contributed by atoms with E-state index in [0.717, 1.165) is 41.9 Å². The molecule has 0 N–H and O–H groups in total. The number of hydroxylamine groups is 2. The van der Waals surface area contributed by atoms with Gasteiger partial charge in [0.2, 0.25) is 11.8 Å². The van der Waals surface area contributed by atoms with Crippen LogP contribution in [-0.4, -0.2) is 124 Å². The van der Waals surface area contributed by atoms with Crippen molar-refractivity contribution in [3.8, 4) is 0 Å². The summed E-state index contributed by atoms with van der Waals surface area (Å²) in [4.78, 5) is 110. The summed E-state index contributed by atoms with van der Waals surface area (Å²) in [7, 11) is 0. The first-order valence-electron chi connectivity index (χ1n) is 22.9. The molecule has 372 valence electrons. The third-order valence-corrected chi connectivity index (χ3v) is 8.98. The maximum Gasteiger partial charge on any atom is 0.326 e. The summed E-state index contributed by atoms with van der Waals surface area (Å²) >= 11 is 0.